The molecule has 0 atom stereocenters. The van der Waals surface area contributed by atoms with Gasteiger partial charge in [-0.2, -0.15) is 8.78 Å². The number of ether oxygens (including phenoxy) is 2. The van der Waals surface area contributed by atoms with E-state index in [-0.39, 0.29) is 41.8 Å². The van der Waals surface area contributed by atoms with Crippen LogP contribution in [0.5, 0.6) is 5.75 Å². The van der Waals surface area contributed by atoms with Crippen LogP contribution in [0.15, 0.2) is 23.2 Å². The van der Waals surface area contributed by atoms with Crippen molar-refractivity contribution in [2.75, 3.05) is 26.8 Å². The molecule has 138 valence electrons. The minimum atomic E-state index is -3.01. The standard InChI is InChI=1S/C15H22F3N3O2.HI/c1-3-19-15(20-8-5-9-22-2)21-10-11-12(16)6-4-7-13(11)23-14(17)18;/h4,6-7,14H,3,5,8-10H2,1-2H3,(H2,19,20,21);1H. The van der Waals surface area contributed by atoms with Crippen LogP contribution in [0.3, 0.4) is 0 Å². The van der Waals surface area contributed by atoms with E-state index in [4.69, 9.17) is 4.74 Å². The van der Waals surface area contributed by atoms with Gasteiger partial charge in [-0.05, 0) is 25.5 Å². The summed E-state index contributed by atoms with van der Waals surface area (Å²) in [5, 5.41) is 6.05. The van der Waals surface area contributed by atoms with E-state index in [1.54, 1.807) is 7.11 Å². The van der Waals surface area contributed by atoms with Gasteiger partial charge in [-0.1, -0.05) is 6.07 Å². The van der Waals surface area contributed by atoms with Crippen LogP contribution < -0.4 is 15.4 Å². The molecule has 0 saturated carbocycles. The van der Waals surface area contributed by atoms with Crippen molar-refractivity contribution in [2.24, 2.45) is 4.99 Å². The Labute approximate surface area is 157 Å². The van der Waals surface area contributed by atoms with E-state index in [1.807, 2.05) is 6.92 Å². The van der Waals surface area contributed by atoms with Crippen LogP contribution in [0, 0.1) is 5.82 Å². The largest absolute Gasteiger partial charge is 0.434 e. The molecule has 5 nitrogen and oxygen atoms in total. The van der Waals surface area contributed by atoms with Crippen molar-refractivity contribution in [2.45, 2.75) is 26.5 Å². The third-order valence-electron chi connectivity index (χ3n) is 2.85. The van der Waals surface area contributed by atoms with E-state index in [9.17, 15) is 13.2 Å². The third kappa shape index (κ3) is 8.57. The highest BCUT2D eigenvalue weighted by Gasteiger charge is 2.13. The summed E-state index contributed by atoms with van der Waals surface area (Å²) in [5.74, 6) is -0.379. The van der Waals surface area contributed by atoms with Crippen molar-refractivity contribution in [1.29, 1.82) is 0 Å². The third-order valence-corrected chi connectivity index (χ3v) is 2.85. The Morgan fingerprint density at radius 1 is 1.29 bits per heavy atom. The molecule has 0 bridgehead atoms. The van der Waals surface area contributed by atoms with Crippen LogP contribution in [0.1, 0.15) is 18.9 Å². The molecule has 0 saturated heterocycles. The zero-order valence-electron chi connectivity index (χ0n) is 13.7. The topological polar surface area (TPSA) is 54.9 Å². The predicted octanol–water partition coefficient (Wildman–Crippen LogP) is 3.14. The van der Waals surface area contributed by atoms with Crippen molar-refractivity contribution in [3.05, 3.63) is 29.6 Å². The Hall–Kier alpha value is -1.23. The van der Waals surface area contributed by atoms with Crippen LogP contribution >= 0.6 is 24.0 Å². The number of guanidine groups is 1. The van der Waals surface area contributed by atoms with E-state index >= 15 is 0 Å². The van der Waals surface area contributed by atoms with E-state index in [1.165, 1.54) is 18.2 Å². The van der Waals surface area contributed by atoms with E-state index in [0.29, 0.717) is 25.7 Å². The van der Waals surface area contributed by atoms with Gasteiger partial charge in [0.1, 0.15) is 11.6 Å². The van der Waals surface area contributed by atoms with Crippen LogP contribution in [0.25, 0.3) is 0 Å². The Bertz CT molecular complexity index is 505. The van der Waals surface area contributed by atoms with Gasteiger partial charge in [-0.25, -0.2) is 9.38 Å². The van der Waals surface area contributed by atoms with Gasteiger partial charge in [0.25, 0.3) is 0 Å². The Kier molecular flexibility index (Phi) is 12.4. The number of benzene rings is 1. The van der Waals surface area contributed by atoms with E-state index < -0.39 is 12.4 Å². The predicted molar refractivity (Wildman–Crippen MR) is 97.8 cm³/mol. The average molecular weight is 461 g/mol. The van der Waals surface area contributed by atoms with Crippen molar-refractivity contribution in [3.63, 3.8) is 0 Å². The summed E-state index contributed by atoms with van der Waals surface area (Å²) in [6.07, 6.45) is 0.778. The number of rotatable bonds is 9. The highest BCUT2D eigenvalue weighted by molar-refractivity contribution is 14.0. The summed E-state index contributed by atoms with van der Waals surface area (Å²) in [6.45, 7) is 0.603. The van der Waals surface area contributed by atoms with Crippen LogP contribution in [0.4, 0.5) is 13.2 Å². The molecule has 24 heavy (non-hydrogen) atoms. The maximum absolute atomic E-state index is 13.8. The van der Waals surface area contributed by atoms with Gasteiger partial charge in [0.2, 0.25) is 0 Å². The molecule has 0 aliphatic carbocycles. The van der Waals surface area contributed by atoms with Gasteiger partial charge < -0.3 is 20.1 Å². The fraction of sp³-hybridized carbons (Fsp3) is 0.533. The van der Waals surface area contributed by atoms with Gasteiger partial charge in [-0.3, -0.25) is 0 Å². The van der Waals surface area contributed by atoms with E-state index in [2.05, 4.69) is 20.4 Å². The molecule has 0 fully saturated rings. The normalized spacial score (nSPS) is 11.2. The maximum Gasteiger partial charge on any atom is 0.387 e. The number of hydrogen-bond donors (Lipinski definition) is 2. The van der Waals surface area contributed by atoms with Gasteiger partial charge in [0.15, 0.2) is 5.96 Å². The molecule has 0 aromatic heterocycles. The molecule has 0 unspecified atom stereocenters. The zero-order chi connectivity index (χ0) is 17.1. The molecule has 0 radical (unpaired) electrons. The Morgan fingerprint density at radius 2 is 2.04 bits per heavy atom. The van der Waals surface area contributed by atoms with E-state index in [0.717, 1.165) is 6.42 Å². The quantitative estimate of drug-likeness (QED) is 0.257. The second-order valence-corrected chi connectivity index (χ2v) is 4.56. The minimum absolute atomic E-state index is 0. The molecule has 1 rings (SSSR count). The van der Waals surface area contributed by atoms with Gasteiger partial charge in [0.05, 0.1) is 12.1 Å². The lowest BCUT2D eigenvalue weighted by Crippen LogP contribution is -2.38. The fourth-order valence-electron chi connectivity index (χ4n) is 1.82. The van der Waals surface area contributed by atoms with Crippen molar-refractivity contribution in [3.8, 4) is 5.75 Å². The highest BCUT2D eigenvalue weighted by atomic mass is 127. The monoisotopic (exact) mass is 461 g/mol. The van der Waals surface area contributed by atoms with Crippen LogP contribution in [0.2, 0.25) is 0 Å². The van der Waals surface area contributed by atoms with Gasteiger partial charge in [-0.15, -0.1) is 24.0 Å². The molecular weight excluding hydrogens is 438 g/mol. The summed E-state index contributed by atoms with van der Waals surface area (Å²) in [7, 11) is 1.61. The number of nitrogens with one attached hydrogen (secondary N) is 2. The first-order valence-corrected chi connectivity index (χ1v) is 7.31. The lowest BCUT2D eigenvalue weighted by molar-refractivity contribution is -0.0506. The summed E-state index contributed by atoms with van der Waals surface area (Å²) in [5.41, 5.74) is -0.0121. The smallest absolute Gasteiger partial charge is 0.387 e. The molecule has 0 amide bonds. The maximum atomic E-state index is 13.8. The molecule has 9 heteroatoms. The lowest BCUT2D eigenvalue weighted by atomic mass is 10.2. The van der Waals surface area contributed by atoms with Crippen LogP contribution in [-0.2, 0) is 11.3 Å². The molecule has 0 heterocycles. The molecule has 1 aromatic carbocycles. The molecule has 1 aromatic rings. The first-order valence-electron chi connectivity index (χ1n) is 7.31. The van der Waals surface area contributed by atoms with Gasteiger partial charge >= 0.3 is 6.61 Å². The van der Waals surface area contributed by atoms with Crippen molar-refractivity contribution in [1.82, 2.24) is 10.6 Å². The Morgan fingerprint density at radius 3 is 2.67 bits per heavy atom. The SMILES string of the molecule is CCNC(=NCc1c(F)cccc1OC(F)F)NCCCOC.I. The Balaban J connectivity index is 0.00000529. The average Bonchev–Trinajstić information content (AvgIpc) is 2.50. The van der Waals surface area contributed by atoms with Gasteiger partial charge in [0, 0.05) is 26.8 Å². The molecule has 0 aliphatic rings. The second kappa shape index (κ2) is 13.1. The highest BCUT2D eigenvalue weighted by Crippen LogP contribution is 2.24. The first-order chi connectivity index (χ1) is 11.1. The number of alkyl halides is 2. The van der Waals surface area contributed by atoms with Crippen molar-refractivity contribution >= 4 is 29.9 Å². The summed E-state index contributed by atoms with van der Waals surface area (Å²) in [4.78, 5) is 4.20. The van der Waals surface area contributed by atoms with Crippen LogP contribution in [-0.4, -0.2) is 39.4 Å². The molecule has 0 aliphatic heterocycles. The molecule has 2 N–H and O–H groups in total. The lowest BCUT2D eigenvalue weighted by Gasteiger charge is -2.13. The number of hydrogen-bond acceptors (Lipinski definition) is 3. The number of methoxy groups -OCH3 is 1. The molecular formula is C15H23F3IN3O2. The summed E-state index contributed by atoms with van der Waals surface area (Å²) >= 11 is 0. The zero-order valence-corrected chi connectivity index (χ0v) is 16.0. The van der Waals surface area contributed by atoms with Crippen molar-refractivity contribution < 1.29 is 22.6 Å². The molecule has 0 spiro atoms. The second-order valence-electron chi connectivity index (χ2n) is 4.56. The first kappa shape index (κ1) is 22.8. The number of nitrogens with zero attached hydrogens (tertiary/aromatic N) is 1. The fourth-order valence-corrected chi connectivity index (χ4v) is 1.82. The summed E-state index contributed by atoms with van der Waals surface area (Å²) in [6, 6.07) is 3.79. The minimum Gasteiger partial charge on any atom is -0.434 e. The number of aliphatic imine (C=N–C) groups is 1. The summed E-state index contributed by atoms with van der Waals surface area (Å²) < 4.78 is 47.9. The number of halogens is 4.